The van der Waals surface area contributed by atoms with Crippen LogP contribution in [-0.2, 0) is 56.9 Å². The maximum atomic E-state index is 5.39. The zero-order chi connectivity index (χ0) is 27.7. The van der Waals surface area contributed by atoms with Crippen LogP contribution >= 0.6 is 24.3 Å². The van der Waals surface area contributed by atoms with Crippen LogP contribution in [-0.4, -0.2) is 42.2 Å². The van der Waals surface area contributed by atoms with E-state index in [9.17, 15) is 0 Å². The molecule has 4 N–H and O–H groups in total. The largest absolute Gasteiger partial charge is 0.362 e. The molecule has 2 heterocycles. The van der Waals surface area contributed by atoms with Gasteiger partial charge in [-0.1, -0.05) is 38.5 Å². The minimum Gasteiger partial charge on any atom is -0.362 e. The topological polar surface area (TPSA) is 107 Å². The van der Waals surface area contributed by atoms with Crippen LogP contribution in [0.4, 0.5) is 5.69 Å². The molecular weight excluding hydrogens is 719 g/mol. The molecule has 0 aliphatic carbocycles. The molecule has 0 saturated carbocycles. The molecule has 0 atom stereocenters. The standard InChI is InChI=1S/C27H42N8O2S2.Re/c1-33-19-16-29-25(33)21-35(22-26-30-17-20-34(26)2)18-10-8-6-4-3-5-7-9-15-31-27(38)32-23-11-13-24(14-12-23)39-37-36-28;/h11-14,16-17,19-20H,3-10,15,18,21-22,28H2,1-2H3,(H2,31,32,38);. The van der Waals surface area contributed by atoms with E-state index >= 15 is 0 Å². The van der Waals surface area contributed by atoms with E-state index in [1.54, 1.807) is 0 Å². The Morgan fingerprint density at radius 1 is 0.900 bits per heavy atom. The average Bonchev–Trinajstić information content (AvgIpc) is 3.53. The van der Waals surface area contributed by atoms with E-state index in [2.05, 4.69) is 58.1 Å². The van der Waals surface area contributed by atoms with E-state index in [-0.39, 0.29) is 20.4 Å². The summed E-state index contributed by atoms with van der Waals surface area (Å²) in [4.78, 5) is 16.5. The average molecular weight is 761 g/mol. The molecule has 0 bridgehead atoms. The van der Waals surface area contributed by atoms with Gasteiger partial charge in [0.1, 0.15) is 11.6 Å². The Morgan fingerprint density at radius 2 is 1.45 bits per heavy atom. The molecule has 1 radical (unpaired) electrons. The Labute approximate surface area is 261 Å². The monoisotopic (exact) mass is 761 g/mol. The molecule has 2 aromatic heterocycles. The Balaban J connectivity index is 0.00000560. The van der Waals surface area contributed by atoms with Gasteiger partial charge in [0.05, 0.1) is 25.1 Å². The smallest absolute Gasteiger partial charge is 0.170 e. The molecule has 0 aliphatic rings. The fourth-order valence-electron chi connectivity index (χ4n) is 4.26. The van der Waals surface area contributed by atoms with Crippen LogP contribution < -0.4 is 16.5 Å². The molecule has 0 spiro atoms. The van der Waals surface area contributed by atoms with Crippen molar-refractivity contribution in [3.8, 4) is 0 Å². The Hall–Kier alpha value is -1.82. The predicted octanol–water partition coefficient (Wildman–Crippen LogP) is 5.09. The van der Waals surface area contributed by atoms with Crippen molar-refractivity contribution in [2.75, 3.05) is 18.4 Å². The number of rotatable bonds is 19. The third kappa shape index (κ3) is 13.2. The Kier molecular flexibility index (Phi) is 17.3. The minimum absolute atomic E-state index is 0. The van der Waals surface area contributed by atoms with Crippen LogP contribution in [0.3, 0.4) is 0 Å². The van der Waals surface area contributed by atoms with Crippen molar-refractivity contribution in [1.82, 2.24) is 29.3 Å². The first-order valence-electron chi connectivity index (χ1n) is 13.5. The van der Waals surface area contributed by atoms with Crippen LogP contribution in [0.5, 0.6) is 0 Å². The minimum atomic E-state index is 0. The summed E-state index contributed by atoms with van der Waals surface area (Å²) in [5.41, 5.74) is 0.918. The van der Waals surface area contributed by atoms with E-state index in [4.69, 9.17) is 18.1 Å². The second kappa shape index (κ2) is 20.1. The van der Waals surface area contributed by atoms with Gasteiger partial charge in [-0.25, -0.2) is 9.97 Å². The molecule has 40 heavy (non-hydrogen) atoms. The first-order valence-corrected chi connectivity index (χ1v) is 14.7. The van der Waals surface area contributed by atoms with E-state index < -0.39 is 0 Å². The molecule has 10 nitrogen and oxygen atoms in total. The summed E-state index contributed by atoms with van der Waals surface area (Å²) in [6.45, 7) is 3.62. The van der Waals surface area contributed by atoms with Crippen LogP contribution in [0.25, 0.3) is 0 Å². The van der Waals surface area contributed by atoms with Crippen molar-refractivity contribution in [2.45, 2.75) is 69.4 Å². The number of unbranched alkanes of at least 4 members (excludes halogenated alkanes) is 7. The number of thiocarbonyl (C=S) groups is 1. The maximum Gasteiger partial charge on any atom is 0.170 e. The number of aryl methyl sites for hydroxylation is 2. The molecule has 1 aromatic carbocycles. The molecule has 3 aromatic rings. The third-order valence-electron chi connectivity index (χ3n) is 6.54. The second-order valence-corrected chi connectivity index (χ2v) is 10.8. The van der Waals surface area contributed by atoms with E-state index in [0.29, 0.717) is 5.11 Å². The quantitative estimate of drug-likeness (QED) is 0.0504. The Morgan fingerprint density at radius 3 is 1.98 bits per heavy atom. The van der Waals surface area contributed by atoms with Crippen molar-refractivity contribution in [3.63, 3.8) is 0 Å². The van der Waals surface area contributed by atoms with Gasteiger partial charge in [0, 0.05) is 76.4 Å². The van der Waals surface area contributed by atoms with Crippen molar-refractivity contribution >= 4 is 35.1 Å². The van der Waals surface area contributed by atoms with E-state index in [1.165, 1.54) is 44.9 Å². The summed E-state index contributed by atoms with van der Waals surface area (Å²) in [7, 11) is 4.11. The fourth-order valence-corrected chi connectivity index (χ4v) is 4.85. The second-order valence-electron chi connectivity index (χ2n) is 9.60. The van der Waals surface area contributed by atoms with Crippen molar-refractivity contribution in [3.05, 3.63) is 60.7 Å². The number of hydrogen-bond donors (Lipinski definition) is 3. The number of anilines is 1. The molecule has 0 amide bonds. The third-order valence-corrected chi connectivity index (χ3v) is 7.40. The van der Waals surface area contributed by atoms with Gasteiger partial charge in [-0.3, -0.25) is 4.90 Å². The molecule has 13 heteroatoms. The molecule has 0 unspecified atom stereocenters. The van der Waals surface area contributed by atoms with Crippen LogP contribution in [0, 0.1) is 0 Å². The summed E-state index contributed by atoms with van der Waals surface area (Å²) in [5.74, 6) is 7.03. The Bertz CT molecular complexity index is 1050. The molecule has 221 valence electrons. The summed E-state index contributed by atoms with van der Waals surface area (Å²) >= 11 is 6.44. The van der Waals surface area contributed by atoms with Gasteiger partial charge in [0.2, 0.25) is 0 Å². The summed E-state index contributed by atoms with van der Waals surface area (Å²) in [6.07, 6.45) is 17.7. The molecule has 0 saturated heterocycles. The SMILES string of the molecule is Cn1ccnc1CN(CCCCCCCCCCNC(=S)Nc1ccc(SOON)cc1)Cc1nccn1C.[Re]. The number of nitrogens with one attached hydrogen (secondary N) is 2. The molecule has 0 aliphatic heterocycles. The zero-order valence-electron chi connectivity index (χ0n) is 23.4. The number of nitrogens with two attached hydrogens (primary N) is 1. The fraction of sp³-hybridized carbons (Fsp3) is 0.519. The van der Waals surface area contributed by atoms with Crippen molar-refractivity contribution in [2.24, 2.45) is 20.0 Å². The zero-order valence-corrected chi connectivity index (χ0v) is 27.8. The van der Waals surface area contributed by atoms with Crippen LogP contribution in [0.1, 0.15) is 63.0 Å². The number of nitrogens with zero attached hydrogens (tertiary/aromatic N) is 5. The first-order chi connectivity index (χ1) is 19.0. The van der Waals surface area contributed by atoms with E-state index in [1.807, 2.05) is 49.1 Å². The van der Waals surface area contributed by atoms with Gasteiger partial charge >= 0.3 is 0 Å². The van der Waals surface area contributed by atoms with Crippen LogP contribution in [0.15, 0.2) is 53.9 Å². The summed E-state index contributed by atoms with van der Waals surface area (Å²) < 4.78 is 8.83. The number of aromatic nitrogens is 4. The predicted molar refractivity (Wildman–Crippen MR) is 160 cm³/mol. The van der Waals surface area contributed by atoms with Crippen LogP contribution in [0.2, 0.25) is 0 Å². The maximum absolute atomic E-state index is 5.39. The van der Waals surface area contributed by atoms with Gasteiger partial charge in [-0.15, -0.1) is 9.32 Å². The number of benzene rings is 1. The summed E-state index contributed by atoms with van der Waals surface area (Å²) in [6, 6.07) is 7.65. The molecule has 3 rings (SSSR count). The first kappa shape index (κ1) is 34.4. The molecular formula is C27H42N8O2ReS2. The van der Waals surface area contributed by atoms with Gasteiger partial charge in [-0.2, -0.15) is 5.90 Å². The van der Waals surface area contributed by atoms with Gasteiger partial charge in [0.25, 0.3) is 0 Å². The normalized spacial score (nSPS) is 11.0. The van der Waals surface area contributed by atoms with Gasteiger partial charge in [-0.05, 0) is 55.9 Å². The van der Waals surface area contributed by atoms with E-state index in [0.717, 1.165) is 66.9 Å². The van der Waals surface area contributed by atoms with Gasteiger partial charge in [0.15, 0.2) is 5.11 Å². The summed E-state index contributed by atoms with van der Waals surface area (Å²) in [5, 5.41) is 7.12. The van der Waals surface area contributed by atoms with Crippen molar-refractivity contribution < 1.29 is 29.7 Å². The van der Waals surface area contributed by atoms with Crippen molar-refractivity contribution in [1.29, 1.82) is 0 Å². The molecule has 0 fully saturated rings. The number of imidazole rings is 2. The number of hydrogen-bond acceptors (Lipinski definition) is 8. The van der Waals surface area contributed by atoms with Gasteiger partial charge < -0.3 is 19.8 Å².